The summed E-state index contributed by atoms with van der Waals surface area (Å²) in [5.41, 5.74) is 2.62. The number of fused-ring (bicyclic) bond motifs is 2. The zero-order valence-electron chi connectivity index (χ0n) is 12.8. The van der Waals surface area contributed by atoms with Gasteiger partial charge in [-0.2, -0.15) is 0 Å². The lowest BCUT2D eigenvalue weighted by Gasteiger charge is -2.11. The highest BCUT2D eigenvalue weighted by Crippen LogP contribution is 2.36. The number of carboxylic acids is 1. The van der Waals surface area contributed by atoms with E-state index in [0.717, 1.165) is 12.0 Å². The summed E-state index contributed by atoms with van der Waals surface area (Å²) in [5, 5.41) is 19.6. The van der Waals surface area contributed by atoms with E-state index in [-0.39, 0.29) is 16.8 Å². The van der Waals surface area contributed by atoms with Gasteiger partial charge in [-0.1, -0.05) is 13.0 Å². The van der Waals surface area contributed by atoms with Crippen LogP contribution in [0, 0.1) is 0 Å². The Balaban J connectivity index is 2.39. The maximum Gasteiger partial charge on any atom is 0.341 e. The van der Waals surface area contributed by atoms with E-state index in [9.17, 15) is 15.0 Å². The van der Waals surface area contributed by atoms with Crippen molar-refractivity contribution in [2.75, 3.05) is 6.61 Å². The molecule has 0 aliphatic carbocycles. The number of phenols is 1. The molecule has 1 aromatic heterocycles. The Hall–Kier alpha value is -2.89. The number of nitrogens with zero attached hydrogens (tertiary/aromatic N) is 2. The molecule has 3 rings (SSSR count). The quantitative estimate of drug-likeness (QED) is 0.719. The van der Waals surface area contributed by atoms with Crippen LogP contribution in [0.5, 0.6) is 11.5 Å². The molecule has 23 heavy (non-hydrogen) atoms. The molecule has 3 aromatic rings. The molecule has 0 saturated carbocycles. The zero-order valence-corrected chi connectivity index (χ0v) is 12.8. The number of aromatic hydroxyl groups is 1. The van der Waals surface area contributed by atoms with E-state index in [1.54, 1.807) is 13.0 Å². The summed E-state index contributed by atoms with van der Waals surface area (Å²) in [6.07, 6.45) is 0.871. The summed E-state index contributed by atoms with van der Waals surface area (Å²) in [6.45, 7) is 4.10. The number of carbonyl (C=O) groups is 1. The Morgan fingerprint density at radius 1 is 1.13 bits per heavy atom. The number of carboxylic acid groups (broad SMARTS) is 1. The van der Waals surface area contributed by atoms with Crippen LogP contribution in [0.25, 0.3) is 22.1 Å². The fourth-order valence-electron chi connectivity index (χ4n) is 2.51. The first-order valence-corrected chi connectivity index (χ1v) is 7.37. The van der Waals surface area contributed by atoms with E-state index in [4.69, 9.17) is 4.74 Å². The Morgan fingerprint density at radius 2 is 1.91 bits per heavy atom. The standard InChI is InChI=1S/C17H16N2O4/c1-3-9-5-6-10-11(7-9)18-12-8-13(23-4-2)16(20)14(17(21)22)15(12)19-10/h5-8,20H,3-4H2,1-2H3,(H,21,22). The summed E-state index contributed by atoms with van der Waals surface area (Å²) in [6, 6.07) is 7.18. The number of aromatic carboxylic acids is 1. The van der Waals surface area contributed by atoms with Crippen LogP contribution in [-0.2, 0) is 6.42 Å². The van der Waals surface area contributed by atoms with E-state index >= 15 is 0 Å². The fourth-order valence-corrected chi connectivity index (χ4v) is 2.51. The van der Waals surface area contributed by atoms with Crippen LogP contribution in [-0.4, -0.2) is 32.8 Å². The minimum atomic E-state index is -1.27. The predicted octanol–water partition coefficient (Wildman–Crippen LogP) is 3.15. The first kappa shape index (κ1) is 15.0. The van der Waals surface area contributed by atoms with Gasteiger partial charge >= 0.3 is 5.97 Å². The van der Waals surface area contributed by atoms with Crippen LogP contribution >= 0.6 is 0 Å². The fraction of sp³-hybridized carbons (Fsp3) is 0.235. The molecule has 1 heterocycles. The molecule has 0 amide bonds. The van der Waals surface area contributed by atoms with Gasteiger partial charge in [0.1, 0.15) is 11.1 Å². The molecule has 0 bridgehead atoms. The van der Waals surface area contributed by atoms with Crippen molar-refractivity contribution in [1.29, 1.82) is 0 Å². The van der Waals surface area contributed by atoms with Crippen LogP contribution in [0.3, 0.4) is 0 Å². The minimum absolute atomic E-state index is 0.0951. The number of hydrogen-bond donors (Lipinski definition) is 2. The molecule has 0 atom stereocenters. The maximum absolute atomic E-state index is 11.5. The summed E-state index contributed by atoms with van der Waals surface area (Å²) < 4.78 is 5.31. The van der Waals surface area contributed by atoms with Crippen LogP contribution in [0.2, 0.25) is 0 Å². The minimum Gasteiger partial charge on any atom is -0.504 e. The Kier molecular flexibility index (Phi) is 3.73. The summed E-state index contributed by atoms with van der Waals surface area (Å²) in [4.78, 5) is 20.4. The highest BCUT2D eigenvalue weighted by Gasteiger charge is 2.22. The highest BCUT2D eigenvalue weighted by molar-refractivity contribution is 6.06. The van der Waals surface area contributed by atoms with E-state index in [0.29, 0.717) is 23.2 Å². The first-order valence-electron chi connectivity index (χ1n) is 7.37. The van der Waals surface area contributed by atoms with Gasteiger partial charge in [-0.25, -0.2) is 14.8 Å². The first-order chi connectivity index (χ1) is 11.0. The monoisotopic (exact) mass is 312 g/mol. The molecule has 0 aliphatic heterocycles. The van der Waals surface area contributed by atoms with E-state index < -0.39 is 11.7 Å². The number of aromatic nitrogens is 2. The zero-order chi connectivity index (χ0) is 16.6. The van der Waals surface area contributed by atoms with Crippen molar-refractivity contribution in [3.05, 3.63) is 35.4 Å². The molecule has 6 nitrogen and oxygen atoms in total. The molecule has 0 saturated heterocycles. The topological polar surface area (TPSA) is 92.5 Å². The summed E-state index contributed by atoms with van der Waals surface area (Å²) >= 11 is 0. The maximum atomic E-state index is 11.5. The number of aryl methyl sites for hydroxylation is 1. The second kappa shape index (κ2) is 5.72. The normalized spacial score (nSPS) is 11.0. The van der Waals surface area contributed by atoms with Gasteiger partial charge in [-0.15, -0.1) is 0 Å². The van der Waals surface area contributed by atoms with Crippen LogP contribution in [0.15, 0.2) is 24.3 Å². The van der Waals surface area contributed by atoms with Crippen molar-refractivity contribution < 1.29 is 19.7 Å². The molecule has 0 fully saturated rings. The van der Waals surface area contributed by atoms with Crippen molar-refractivity contribution >= 4 is 28.0 Å². The van der Waals surface area contributed by atoms with Gasteiger partial charge < -0.3 is 14.9 Å². The van der Waals surface area contributed by atoms with Crippen LogP contribution < -0.4 is 4.74 Å². The van der Waals surface area contributed by atoms with Gasteiger partial charge in [-0.05, 0) is 31.0 Å². The highest BCUT2D eigenvalue weighted by atomic mass is 16.5. The Morgan fingerprint density at radius 3 is 2.57 bits per heavy atom. The van der Waals surface area contributed by atoms with Crippen LogP contribution in [0.1, 0.15) is 29.8 Å². The number of rotatable bonds is 4. The third-order valence-corrected chi connectivity index (χ3v) is 3.65. The Labute approximate surface area is 132 Å². The van der Waals surface area contributed by atoms with Crippen molar-refractivity contribution in [3.63, 3.8) is 0 Å². The lowest BCUT2D eigenvalue weighted by atomic mass is 10.1. The second-order valence-electron chi connectivity index (χ2n) is 5.10. The average Bonchev–Trinajstić information content (AvgIpc) is 2.53. The Bertz CT molecular complexity index is 921. The van der Waals surface area contributed by atoms with E-state index in [1.807, 2.05) is 19.1 Å². The molecule has 0 radical (unpaired) electrons. The molecule has 0 spiro atoms. The molecule has 0 unspecified atom stereocenters. The third kappa shape index (κ3) is 2.52. The van der Waals surface area contributed by atoms with Crippen molar-refractivity contribution in [2.45, 2.75) is 20.3 Å². The van der Waals surface area contributed by atoms with Gasteiger partial charge in [0.25, 0.3) is 0 Å². The van der Waals surface area contributed by atoms with Gasteiger partial charge in [0.2, 0.25) is 0 Å². The lowest BCUT2D eigenvalue weighted by Crippen LogP contribution is -2.04. The van der Waals surface area contributed by atoms with Crippen molar-refractivity contribution in [2.24, 2.45) is 0 Å². The smallest absolute Gasteiger partial charge is 0.341 e. The average molecular weight is 312 g/mol. The molecular weight excluding hydrogens is 296 g/mol. The van der Waals surface area contributed by atoms with Crippen molar-refractivity contribution in [1.82, 2.24) is 9.97 Å². The van der Waals surface area contributed by atoms with Gasteiger partial charge in [-0.3, -0.25) is 0 Å². The molecule has 2 N–H and O–H groups in total. The lowest BCUT2D eigenvalue weighted by molar-refractivity contribution is 0.0695. The predicted molar refractivity (Wildman–Crippen MR) is 86.2 cm³/mol. The molecule has 0 aliphatic rings. The van der Waals surface area contributed by atoms with Gasteiger partial charge in [0.05, 0.1) is 23.2 Å². The summed E-state index contributed by atoms with van der Waals surface area (Å²) in [7, 11) is 0. The van der Waals surface area contributed by atoms with Gasteiger partial charge in [0.15, 0.2) is 11.5 Å². The third-order valence-electron chi connectivity index (χ3n) is 3.65. The molecule has 6 heteroatoms. The molecule has 2 aromatic carbocycles. The largest absolute Gasteiger partial charge is 0.504 e. The van der Waals surface area contributed by atoms with Gasteiger partial charge in [0, 0.05) is 6.07 Å². The molecular formula is C17H16N2O4. The molecule has 118 valence electrons. The van der Waals surface area contributed by atoms with E-state index in [2.05, 4.69) is 9.97 Å². The van der Waals surface area contributed by atoms with Crippen molar-refractivity contribution in [3.8, 4) is 11.5 Å². The number of benzene rings is 2. The second-order valence-corrected chi connectivity index (χ2v) is 5.10. The van der Waals surface area contributed by atoms with Crippen LogP contribution in [0.4, 0.5) is 0 Å². The summed E-state index contributed by atoms with van der Waals surface area (Å²) in [5.74, 6) is -1.60. The number of hydrogen-bond acceptors (Lipinski definition) is 5. The number of ether oxygens (including phenoxy) is 1. The SMILES string of the molecule is CCOc1cc2nc3cc(CC)ccc3nc2c(C(=O)O)c1O. The van der Waals surface area contributed by atoms with E-state index in [1.165, 1.54) is 6.07 Å².